The third kappa shape index (κ3) is 10.2. The molecular weight excluding hydrogens is 642 g/mol. The number of benzene rings is 3. The summed E-state index contributed by atoms with van der Waals surface area (Å²) in [4.78, 5) is 30.0. The first kappa shape index (κ1) is 36.2. The highest BCUT2D eigenvalue weighted by Crippen LogP contribution is 2.23. The van der Waals surface area contributed by atoms with E-state index in [4.69, 9.17) is 28.7 Å². The maximum atomic E-state index is 12.5. The van der Waals surface area contributed by atoms with Gasteiger partial charge in [-0.2, -0.15) is 8.42 Å². The van der Waals surface area contributed by atoms with Crippen molar-refractivity contribution in [2.24, 2.45) is 5.11 Å². The monoisotopic (exact) mass is 681 g/mol. The second-order valence-corrected chi connectivity index (χ2v) is 12.7. The Morgan fingerprint density at radius 2 is 1.23 bits per heavy atom. The number of likely N-dealkylation sites (tertiary alicyclic amines) is 2. The van der Waals surface area contributed by atoms with Crippen molar-refractivity contribution in [3.05, 3.63) is 112 Å². The van der Waals surface area contributed by atoms with Crippen LogP contribution in [0.15, 0.2) is 94.9 Å². The second kappa shape index (κ2) is 17.5. The first-order valence-electron chi connectivity index (χ1n) is 15.1. The first-order valence-corrected chi connectivity index (χ1v) is 16.5. The molecule has 0 saturated carbocycles. The highest BCUT2D eigenvalue weighted by atomic mass is 32.2. The largest absolute Gasteiger partial charge is 0.445 e. The zero-order chi connectivity index (χ0) is 34.5. The number of hydrogen-bond acceptors (Lipinski definition) is 10. The summed E-state index contributed by atoms with van der Waals surface area (Å²) in [5.74, 6) is 0. The molecule has 2 heterocycles. The molecule has 5 rings (SSSR count). The Morgan fingerprint density at radius 3 is 1.73 bits per heavy atom. The lowest BCUT2D eigenvalue weighted by Crippen LogP contribution is -2.31. The smallest absolute Gasteiger partial charge is 0.410 e. The van der Waals surface area contributed by atoms with Crippen LogP contribution in [0.5, 0.6) is 0 Å². The molecule has 2 aliphatic heterocycles. The molecule has 0 radical (unpaired) electrons. The molecular formula is C33H39N5O9S. The number of hydrogen-bond donors (Lipinski definition) is 0. The molecule has 2 amide bonds. The molecule has 0 spiro atoms. The fourth-order valence-corrected chi connectivity index (χ4v) is 6.16. The molecule has 3 aromatic rings. The molecule has 14 nitrogen and oxygen atoms in total. The van der Waals surface area contributed by atoms with Gasteiger partial charge in [0.05, 0.1) is 36.7 Å². The standard InChI is InChI=1S/C20H23NO6S.C13H16N4O3/c1-15-8-10-17(11-9-15)28(23,24)27-19-13-21(12-18(19)25-2)20(22)26-14-16-6-4-3-5-7-16;1-19-12-8-17(7-11(12)15-16-14)13(18)20-9-10-5-3-2-4-6-10/h3-11,18-19H,12-14H2,1-2H3;2-6,11-12H,7-9H2,1H3/t18-,19-;11-,12+/m01/s1. The minimum Gasteiger partial charge on any atom is -0.445 e. The summed E-state index contributed by atoms with van der Waals surface area (Å²) in [7, 11) is -0.979. The van der Waals surface area contributed by atoms with Gasteiger partial charge in [-0.25, -0.2) is 9.59 Å². The molecule has 3 aromatic carbocycles. The molecule has 15 heteroatoms. The van der Waals surface area contributed by atoms with Gasteiger partial charge < -0.3 is 28.7 Å². The summed E-state index contributed by atoms with van der Waals surface area (Å²) < 4.78 is 51.5. The van der Waals surface area contributed by atoms with Gasteiger partial charge in [-0.1, -0.05) is 83.5 Å². The fourth-order valence-electron chi connectivity index (χ4n) is 5.07. The number of carbonyl (C=O) groups is 2. The summed E-state index contributed by atoms with van der Waals surface area (Å²) in [5.41, 5.74) is 11.2. The number of methoxy groups -OCH3 is 2. The second-order valence-electron chi connectivity index (χ2n) is 11.1. The molecule has 0 aliphatic carbocycles. The molecule has 256 valence electrons. The number of azide groups is 1. The number of nitrogens with zero attached hydrogens (tertiary/aromatic N) is 5. The van der Waals surface area contributed by atoms with Gasteiger partial charge in [0.15, 0.2) is 0 Å². The van der Waals surface area contributed by atoms with Gasteiger partial charge in [-0.15, -0.1) is 0 Å². The van der Waals surface area contributed by atoms with E-state index in [0.29, 0.717) is 13.1 Å². The summed E-state index contributed by atoms with van der Waals surface area (Å²) in [6.45, 7) is 3.18. The average molecular weight is 682 g/mol. The lowest BCUT2D eigenvalue weighted by Gasteiger charge is -2.17. The maximum absolute atomic E-state index is 12.5. The number of amides is 2. The van der Waals surface area contributed by atoms with Crippen molar-refractivity contribution in [2.75, 3.05) is 40.4 Å². The summed E-state index contributed by atoms with van der Waals surface area (Å²) in [6.07, 6.45) is -2.61. The van der Waals surface area contributed by atoms with Gasteiger partial charge in [-0.3, -0.25) is 4.18 Å². The van der Waals surface area contributed by atoms with Gasteiger partial charge in [0.2, 0.25) is 0 Å². The number of aryl methyl sites for hydroxylation is 1. The van der Waals surface area contributed by atoms with E-state index in [1.165, 1.54) is 36.2 Å². The zero-order valence-electron chi connectivity index (χ0n) is 27.0. The first-order chi connectivity index (χ1) is 23.1. The lowest BCUT2D eigenvalue weighted by atomic mass is 10.2. The van der Waals surface area contributed by atoms with Crippen LogP contribution in [-0.4, -0.2) is 95.2 Å². The summed E-state index contributed by atoms with van der Waals surface area (Å²) in [6, 6.07) is 24.8. The number of rotatable bonds is 10. The number of carbonyl (C=O) groups excluding carboxylic acids is 2. The minimum atomic E-state index is -3.97. The van der Waals surface area contributed by atoms with Crippen LogP contribution in [0.3, 0.4) is 0 Å². The van der Waals surface area contributed by atoms with Gasteiger partial charge in [-0.05, 0) is 35.7 Å². The van der Waals surface area contributed by atoms with E-state index in [9.17, 15) is 18.0 Å². The Morgan fingerprint density at radius 1 is 0.750 bits per heavy atom. The molecule has 0 unspecified atom stereocenters. The van der Waals surface area contributed by atoms with Crippen LogP contribution in [0.1, 0.15) is 16.7 Å². The highest BCUT2D eigenvalue weighted by Gasteiger charge is 2.40. The van der Waals surface area contributed by atoms with Crippen LogP contribution in [0, 0.1) is 6.92 Å². The normalized spacial score (nSPS) is 20.3. The maximum Gasteiger partial charge on any atom is 0.410 e. The van der Waals surface area contributed by atoms with E-state index in [-0.39, 0.29) is 43.3 Å². The van der Waals surface area contributed by atoms with Crippen LogP contribution in [-0.2, 0) is 46.5 Å². The minimum absolute atomic E-state index is 0.0667. The summed E-state index contributed by atoms with van der Waals surface area (Å²) in [5, 5.41) is 3.63. The van der Waals surface area contributed by atoms with Crippen molar-refractivity contribution in [3.63, 3.8) is 0 Å². The SMILES string of the molecule is CO[C@H]1CN(C(=O)OCc2ccccc2)C[C@@H]1OS(=O)(=O)c1ccc(C)cc1.CO[C@H]1CN(C(=O)OCc2ccccc2)C[C@H]1N=[N+]=[N-]. The molecule has 2 saturated heterocycles. The highest BCUT2D eigenvalue weighted by molar-refractivity contribution is 7.86. The Bertz CT molecular complexity index is 1640. The van der Waals surface area contributed by atoms with Crippen molar-refractivity contribution in [1.82, 2.24) is 9.80 Å². The molecule has 0 N–H and O–H groups in total. The Hall–Kier alpha value is -4.66. The Balaban J connectivity index is 0.000000229. The van der Waals surface area contributed by atoms with E-state index in [0.717, 1.165) is 16.7 Å². The predicted molar refractivity (Wildman–Crippen MR) is 174 cm³/mol. The van der Waals surface area contributed by atoms with Crippen LogP contribution < -0.4 is 0 Å². The lowest BCUT2D eigenvalue weighted by molar-refractivity contribution is 0.0368. The van der Waals surface area contributed by atoms with E-state index < -0.39 is 34.5 Å². The van der Waals surface area contributed by atoms with Gasteiger partial charge in [0.25, 0.3) is 10.1 Å². The quantitative estimate of drug-likeness (QED) is 0.123. The number of ether oxygens (including phenoxy) is 4. The topological polar surface area (TPSA) is 170 Å². The third-order valence-electron chi connectivity index (χ3n) is 7.74. The van der Waals surface area contributed by atoms with Crippen LogP contribution in [0.4, 0.5) is 9.59 Å². The van der Waals surface area contributed by atoms with Crippen LogP contribution >= 0.6 is 0 Å². The molecule has 48 heavy (non-hydrogen) atoms. The van der Waals surface area contributed by atoms with E-state index >= 15 is 0 Å². The van der Waals surface area contributed by atoms with E-state index in [1.807, 2.05) is 67.6 Å². The van der Waals surface area contributed by atoms with Crippen molar-refractivity contribution in [1.29, 1.82) is 0 Å². The molecule has 2 aliphatic rings. The molecule has 0 bridgehead atoms. The van der Waals surface area contributed by atoms with Crippen molar-refractivity contribution in [2.45, 2.75) is 49.4 Å². The third-order valence-corrected chi connectivity index (χ3v) is 9.09. The van der Waals surface area contributed by atoms with Gasteiger partial charge in [0.1, 0.15) is 25.4 Å². The van der Waals surface area contributed by atoms with Crippen molar-refractivity contribution >= 4 is 22.3 Å². The molecule has 0 aromatic heterocycles. The van der Waals surface area contributed by atoms with E-state index in [2.05, 4.69) is 10.0 Å². The predicted octanol–water partition coefficient (Wildman–Crippen LogP) is 5.07. The molecule has 2 fully saturated rings. The van der Waals surface area contributed by atoms with Crippen LogP contribution in [0.25, 0.3) is 10.4 Å². The molecule has 4 atom stereocenters. The Kier molecular flexibility index (Phi) is 13.2. The van der Waals surface area contributed by atoms with Gasteiger partial charge >= 0.3 is 12.2 Å². The van der Waals surface area contributed by atoms with E-state index in [1.54, 1.807) is 12.1 Å². The van der Waals surface area contributed by atoms with Crippen molar-refractivity contribution in [3.8, 4) is 0 Å². The van der Waals surface area contributed by atoms with Gasteiger partial charge in [0, 0.05) is 25.7 Å². The van der Waals surface area contributed by atoms with Crippen molar-refractivity contribution < 1.29 is 41.1 Å². The average Bonchev–Trinajstić information content (AvgIpc) is 3.71. The summed E-state index contributed by atoms with van der Waals surface area (Å²) >= 11 is 0. The zero-order valence-corrected chi connectivity index (χ0v) is 27.8. The Labute approximate surface area is 279 Å². The van der Waals surface area contributed by atoms with Crippen LogP contribution in [0.2, 0.25) is 0 Å². The fraction of sp³-hybridized carbons (Fsp3) is 0.394.